The minimum Gasteiger partial charge on any atom is -0.475 e. The number of aryl methyl sites for hydroxylation is 1. The average molecular weight is 289 g/mol. The van der Waals surface area contributed by atoms with Gasteiger partial charge in [0.25, 0.3) is 5.88 Å². The normalized spacial score (nSPS) is 10.9. The summed E-state index contributed by atoms with van der Waals surface area (Å²) >= 11 is 1.65. The maximum absolute atomic E-state index is 5.79. The first-order valence-corrected chi connectivity index (χ1v) is 7.19. The molecule has 6 nitrogen and oxygen atoms in total. The van der Waals surface area contributed by atoms with Gasteiger partial charge in [0.2, 0.25) is 5.65 Å². The van der Waals surface area contributed by atoms with Gasteiger partial charge >= 0.3 is 0 Å². The Bertz CT molecular complexity index is 720. The van der Waals surface area contributed by atoms with Crippen LogP contribution < -0.4 is 10.1 Å². The van der Waals surface area contributed by atoms with Gasteiger partial charge in [0.15, 0.2) is 0 Å². The first kappa shape index (κ1) is 12.9. The van der Waals surface area contributed by atoms with E-state index in [2.05, 4.69) is 20.3 Å². The summed E-state index contributed by atoms with van der Waals surface area (Å²) in [5.41, 5.74) is 3.66. The quantitative estimate of drug-likeness (QED) is 0.779. The molecule has 104 valence electrons. The molecule has 3 heterocycles. The molecule has 0 amide bonds. The van der Waals surface area contributed by atoms with Crippen molar-refractivity contribution in [1.29, 1.82) is 0 Å². The standard InChI is InChI=1S/C13H15N5OS/c1-9-10(20-8-16-9)3-6-19-13-12-15-4-5-18(12)7-11(14-2)17-13/h4-5,7-8,14H,3,6H2,1-2H3. The number of nitrogens with one attached hydrogen (secondary N) is 1. The summed E-state index contributed by atoms with van der Waals surface area (Å²) in [7, 11) is 1.83. The fourth-order valence-electron chi connectivity index (χ4n) is 1.93. The van der Waals surface area contributed by atoms with Gasteiger partial charge in [-0.25, -0.2) is 9.97 Å². The molecule has 0 aliphatic rings. The summed E-state index contributed by atoms with van der Waals surface area (Å²) in [6.07, 6.45) is 6.31. The Balaban J connectivity index is 1.76. The summed E-state index contributed by atoms with van der Waals surface area (Å²) in [6.45, 7) is 2.57. The van der Waals surface area contributed by atoms with Crippen molar-refractivity contribution >= 4 is 22.8 Å². The van der Waals surface area contributed by atoms with Crippen LogP contribution in [0.1, 0.15) is 10.6 Å². The molecule has 0 spiro atoms. The highest BCUT2D eigenvalue weighted by atomic mass is 32.1. The highest BCUT2D eigenvalue weighted by molar-refractivity contribution is 7.09. The Morgan fingerprint density at radius 1 is 1.40 bits per heavy atom. The van der Waals surface area contributed by atoms with Gasteiger partial charge in [-0.3, -0.25) is 4.40 Å². The number of hydrogen-bond acceptors (Lipinski definition) is 6. The molecule has 0 radical (unpaired) electrons. The maximum atomic E-state index is 5.79. The van der Waals surface area contributed by atoms with E-state index in [9.17, 15) is 0 Å². The van der Waals surface area contributed by atoms with E-state index in [1.165, 1.54) is 4.88 Å². The molecule has 3 rings (SSSR count). The van der Waals surface area contributed by atoms with Gasteiger partial charge in [-0.1, -0.05) is 0 Å². The summed E-state index contributed by atoms with van der Waals surface area (Å²) in [5.74, 6) is 1.29. The number of imidazole rings is 1. The zero-order chi connectivity index (χ0) is 13.9. The van der Waals surface area contributed by atoms with Crippen LogP contribution in [0.4, 0.5) is 5.82 Å². The predicted octanol–water partition coefficient (Wildman–Crippen LogP) is 2.16. The number of fused-ring (bicyclic) bond motifs is 1. The average Bonchev–Trinajstić information content (AvgIpc) is 3.07. The Morgan fingerprint density at radius 2 is 2.30 bits per heavy atom. The van der Waals surface area contributed by atoms with Gasteiger partial charge in [-0.05, 0) is 6.92 Å². The Kier molecular flexibility index (Phi) is 3.51. The molecule has 0 atom stereocenters. The van der Waals surface area contributed by atoms with E-state index in [-0.39, 0.29) is 0 Å². The summed E-state index contributed by atoms with van der Waals surface area (Å²) in [5, 5.41) is 3.01. The second-order valence-electron chi connectivity index (χ2n) is 4.30. The number of anilines is 1. The lowest BCUT2D eigenvalue weighted by atomic mass is 10.3. The van der Waals surface area contributed by atoms with Gasteiger partial charge in [0.05, 0.1) is 24.0 Å². The molecule has 0 aromatic carbocycles. The second kappa shape index (κ2) is 5.46. The lowest BCUT2D eigenvalue weighted by Gasteiger charge is -2.08. The number of ether oxygens (including phenoxy) is 1. The van der Waals surface area contributed by atoms with E-state index in [4.69, 9.17) is 4.74 Å². The Labute approximate surface area is 120 Å². The van der Waals surface area contributed by atoms with Crippen LogP contribution in [0.2, 0.25) is 0 Å². The molecule has 0 bridgehead atoms. The zero-order valence-electron chi connectivity index (χ0n) is 11.3. The number of thiazole rings is 1. The topological polar surface area (TPSA) is 64.3 Å². The first-order chi connectivity index (χ1) is 9.78. The highest BCUT2D eigenvalue weighted by Gasteiger charge is 2.09. The van der Waals surface area contributed by atoms with E-state index in [1.54, 1.807) is 17.5 Å². The van der Waals surface area contributed by atoms with Crippen molar-refractivity contribution in [2.45, 2.75) is 13.3 Å². The monoisotopic (exact) mass is 289 g/mol. The molecule has 0 aliphatic heterocycles. The van der Waals surface area contributed by atoms with Crippen molar-refractivity contribution in [3.63, 3.8) is 0 Å². The summed E-state index contributed by atoms with van der Waals surface area (Å²) < 4.78 is 7.69. The highest BCUT2D eigenvalue weighted by Crippen LogP contribution is 2.19. The van der Waals surface area contributed by atoms with Crippen molar-refractivity contribution in [2.24, 2.45) is 0 Å². The van der Waals surface area contributed by atoms with Crippen molar-refractivity contribution < 1.29 is 4.74 Å². The Morgan fingerprint density at radius 3 is 3.05 bits per heavy atom. The predicted molar refractivity (Wildman–Crippen MR) is 78.6 cm³/mol. The van der Waals surface area contributed by atoms with Crippen LogP contribution in [0.5, 0.6) is 5.88 Å². The van der Waals surface area contributed by atoms with Crippen LogP contribution in [0.25, 0.3) is 5.65 Å². The fourth-order valence-corrected chi connectivity index (χ4v) is 2.69. The number of rotatable bonds is 5. The molecule has 0 saturated carbocycles. The van der Waals surface area contributed by atoms with Gasteiger partial charge in [-0.2, -0.15) is 4.98 Å². The molecular formula is C13H15N5OS. The van der Waals surface area contributed by atoms with Crippen molar-refractivity contribution in [2.75, 3.05) is 19.0 Å². The van der Waals surface area contributed by atoms with Crippen molar-refractivity contribution in [3.05, 3.63) is 34.7 Å². The van der Waals surface area contributed by atoms with E-state index in [1.807, 2.05) is 36.3 Å². The van der Waals surface area contributed by atoms with E-state index >= 15 is 0 Å². The number of nitrogens with zero attached hydrogens (tertiary/aromatic N) is 4. The molecule has 3 aromatic rings. The minimum absolute atomic E-state index is 0.545. The molecule has 7 heteroatoms. The first-order valence-electron chi connectivity index (χ1n) is 6.31. The van der Waals surface area contributed by atoms with E-state index in [0.717, 1.165) is 23.6 Å². The SMILES string of the molecule is CNc1cn2ccnc2c(OCCc2scnc2C)n1. The molecule has 0 unspecified atom stereocenters. The molecule has 0 saturated heterocycles. The van der Waals surface area contributed by atoms with Gasteiger partial charge in [0.1, 0.15) is 5.82 Å². The minimum atomic E-state index is 0.545. The van der Waals surface area contributed by atoms with Gasteiger partial charge in [-0.15, -0.1) is 11.3 Å². The van der Waals surface area contributed by atoms with Crippen LogP contribution in [-0.4, -0.2) is 33.0 Å². The largest absolute Gasteiger partial charge is 0.475 e. The van der Waals surface area contributed by atoms with Crippen molar-refractivity contribution in [3.8, 4) is 5.88 Å². The maximum Gasteiger partial charge on any atom is 0.260 e. The lowest BCUT2D eigenvalue weighted by Crippen LogP contribution is -2.06. The number of hydrogen-bond donors (Lipinski definition) is 1. The molecule has 3 aromatic heterocycles. The van der Waals surface area contributed by atoms with E-state index in [0.29, 0.717) is 12.5 Å². The van der Waals surface area contributed by atoms with Crippen LogP contribution >= 0.6 is 11.3 Å². The fraction of sp³-hybridized carbons (Fsp3) is 0.308. The van der Waals surface area contributed by atoms with Crippen LogP contribution in [0.3, 0.4) is 0 Å². The van der Waals surface area contributed by atoms with Gasteiger partial charge < -0.3 is 10.1 Å². The lowest BCUT2D eigenvalue weighted by molar-refractivity contribution is 0.312. The molecule has 0 fully saturated rings. The van der Waals surface area contributed by atoms with Crippen LogP contribution in [0.15, 0.2) is 24.1 Å². The molecule has 20 heavy (non-hydrogen) atoms. The molecule has 0 aliphatic carbocycles. The van der Waals surface area contributed by atoms with Gasteiger partial charge in [0, 0.05) is 30.7 Å². The Hall–Kier alpha value is -2.15. The summed E-state index contributed by atoms with van der Waals surface area (Å²) in [6, 6.07) is 0. The second-order valence-corrected chi connectivity index (χ2v) is 5.24. The van der Waals surface area contributed by atoms with Crippen LogP contribution in [-0.2, 0) is 6.42 Å². The van der Waals surface area contributed by atoms with Crippen molar-refractivity contribution in [1.82, 2.24) is 19.4 Å². The van der Waals surface area contributed by atoms with Crippen LogP contribution in [0, 0.1) is 6.92 Å². The molecular weight excluding hydrogens is 274 g/mol. The zero-order valence-corrected chi connectivity index (χ0v) is 12.1. The van der Waals surface area contributed by atoms with E-state index < -0.39 is 0 Å². The summed E-state index contributed by atoms with van der Waals surface area (Å²) in [4.78, 5) is 14.1. The smallest absolute Gasteiger partial charge is 0.260 e. The third-order valence-electron chi connectivity index (χ3n) is 3.01. The number of aromatic nitrogens is 4. The molecule has 1 N–H and O–H groups in total. The third-order valence-corrected chi connectivity index (χ3v) is 4.01. The third kappa shape index (κ3) is 2.44.